The molecule has 1 rings (SSSR count). The van der Waals surface area contributed by atoms with Crippen molar-refractivity contribution in [3.05, 3.63) is 0 Å². The van der Waals surface area contributed by atoms with Crippen molar-refractivity contribution in [2.45, 2.75) is 52.0 Å². The van der Waals surface area contributed by atoms with E-state index >= 15 is 0 Å². The molecule has 0 spiro atoms. The van der Waals surface area contributed by atoms with Gasteiger partial charge in [0, 0.05) is 5.54 Å². The van der Waals surface area contributed by atoms with Crippen LogP contribution in [0.25, 0.3) is 0 Å². The van der Waals surface area contributed by atoms with Crippen molar-refractivity contribution in [2.75, 3.05) is 13.1 Å². The molecule has 0 unspecified atom stereocenters. The lowest BCUT2D eigenvalue weighted by molar-refractivity contribution is -0.143. The Labute approximate surface area is 92.5 Å². The third kappa shape index (κ3) is 2.71. The number of carboxylic acids is 1. The molecule has 1 saturated heterocycles. The van der Waals surface area contributed by atoms with Crippen LogP contribution >= 0.6 is 0 Å². The van der Waals surface area contributed by atoms with Crippen LogP contribution in [0.5, 0.6) is 0 Å². The Morgan fingerprint density at radius 3 is 2.13 bits per heavy atom. The van der Waals surface area contributed by atoms with Crippen LogP contribution in [0, 0.1) is 5.92 Å². The van der Waals surface area contributed by atoms with Crippen LogP contribution in [-0.2, 0) is 4.79 Å². The van der Waals surface area contributed by atoms with Gasteiger partial charge in [0.05, 0.1) is 5.92 Å². The van der Waals surface area contributed by atoms with E-state index in [2.05, 4.69) is 25.7 Å². The molecule has 1 heterocycles. The van der Waals surface area contributed by atoms with Crippen LogP contribution in [0.4, 0.5) is 0 Å². The molecule has 0 atom stereocenters. The molecule has 3 heteroatoms. The predicted octanol–water partition coefficient (Wildman–Crippen LogP) is 2.36. The van der Waals surface area contributed by atoms with E-state index in [-0.39, 0.29) is 11.5 Å². The second-order valence-corrected chi connectivity index (χ2v) is 4.80. The lowest BCUT2D eigenvalue weighted by Crippen LogP contribution is -2.50. The van der Waals surface area contributed by atoms with Gasteiger partial charge in [-0.05, 0) is 45.7 Å². The third-order valence-electron chi connectivity index (χ3n) is 4.13. The van der Waals surface area contributed by atoms with Gasteiger partial charge in [-0.3, -0.25) is 9.69 Å². The molecule has 0 radical (unpaired) electrons. The molecule has 0 aromatic heterocycles. The summed E-state index contributed by atoms with van der Waals surface area (Å²) >= 11 is 0. The maximum atomic E-state index is 10.8. The fraction of sp³-hybridized carbons (Fsp3) is 0.917. The SMILES string of the molecule is CCC(C)(CC)N1CCC(C(=O)O)CC1. The molecule has 1 aliphatic heterocycles. The highest BCUT2D eigenvalue weighted by molar-refractivity contribution is 5.70. The van der Waals surface area contributed by atoms with Gasteiger partial charge in [0.15, 0.2) is 0 Å². The van der Waals surface area contributed by atoms with Gasteiger partial charge in [-0.1, -0.05) is 13.8 Å². The standard InChI is InChI=1S/C12H23NO2/c1-4-12(3,5-2)13-8-6-10(7-9-13)11(14)15/h10H,4-9H2,1-3H3,(H,14,15). The molecule has 1 N–H and O–H groups in total. The van der Waals surface area contributed by atoms with Gasteiger partial charge in [0.2, 0.25) is 0 Å². The third-order valence-corrected chi connectivity index (χ3v) is 4.13. The Bertz CT molecular complexity index is 216. The van der Waals surface area contributed by atoms with E-state index in [1.807, 2.05) is 0 Å². The summed E-state index contributed by atoms with van der Waals surface area (Å²) in [5, 5.41) is 8.92. The highest BCUT2D eigenvalue weighted by Gasteiger charge is 2.33. The molecule has 0 aromatic rings. The zero-order chi connectivity index (χ0) is 11.5. The molecule has 0 aliphatic carbocycles. The molecule has 3 nitrogen and oxygen atoms in total. The van der Waals surface area contributed by atoms with Crippen LogP contribution in [0.1, 0.15) is 46.5 Å². The minimum Gasteiger partial charge on any atom is -0.481 e. The van der Waals surface area contributed by atoms with Crippen LogP contribution in [0.3, 0.4) is 0 Å². The zero-order valence-corrected chi connectivity index (χ0v) is 10.1. The second-order valence-electron chi connectivity index (χ2n) is 4.80. The van der Waals surface area contributed by atoms with Crippen LogP contribution in [0.2, 0.25) is 0 Å². The van der Waals surface area contributed by atoms with E-state index in [0.29, 0.717) is 0 Å². The maximum absolute atomic E-state index is 10.8. The van der Waals surface area contributed by atoms with E-state index in [1.54, 1.807) is 0 Å². The minimum atomic E-state index is -0.621. The summed E-state index contributed by atoms with van der Waals surface area (Å²) in [5.41, 5.74) is 0.267. The fourth-order valence-electron chi connectivity index (χ4n) is 2.36. The molecule has 0 bridgehead atoms. The number of aliphatic carboxylic acids is 1. The number of carbonyl (C=O) groups is 1. The highest BCUT2D eigenvalue weighted by Crippen LogP contribution is 2.28. The summed E-state index contributed by atoms with van der Waals surface area (Å²) in [5.74, 6) is -0.733. The number of likely N-dealkylation sites (tertiary alicyclic amines) is 1. The summed E-state index contributed by atoms with van der Waals surface area (Å²) < 4.78 is 0. The predicted molar refractivity (Wildman–Crippen MR) is 60.9 cm³/mol. The van der Waals surface area contributed by atoms with Crippen LogP contribution < -0.4 is 0 Å². The van der Waals surface area contributed by atoms with Crippen molar-refractivity contribution in [1.29, 1.82) is 0 Å². The van der Waals surface area contributed by atoms with E-state index in [1.165, 1.54) is 0 Å². The molecule has 0 saturated carbocycles. The Balaban J connectivity index is 2.53. The van der Waals surface area contributed by atoms with Crippen molar-refractivity contribution in [2.24, 2.45) is 5.92 Å². The first-order chi connectivity index (χ1) is 7.03. The first-order valence-corrected chi connectivity index (χ1v) is 6.01. The van der Waals surface area contributed by atoms with Gasteiger partial charge in [0.1, 0.15) is 0 Å². The Morgan fingerprint density at radius 2 is 1.80 bits per heavy atom. The van der Waals surface area contributed by atoms with Gasteiger partial charge in [-0.2, -0.15) is 0 Å². The van der Waals surface area contributed by atoms with Gasteiger partial charge in [-0.15, -0.1) is 0 Å². The van der Waals surface area contributed by atoms with E-state index in [0.717, 1.165) is 38.8 Å². The summed E-state index contributed by atoms with van der Waals surface area (Å²) in [6.45, 7) is 8.60. The van der Waals surface area contributed by atoms with Crippen molar-refractivity contribution < 1.29 is 9.90 Å². The summed E-state index contributed by atoms with van der Waals surface area (Å²) in [4.78, 5) is 13.3. The number of hydrogen-bond acceptors (Lipinski definition) is 2. The second kappa shape index (κ2) is 4.97. The molecule has 1 fully saturated rings. The Morgan fingerprint density at radius 1 is 1.33 bits per heavy atom. The maximum Gasteiger partial charge on any atom is 0.306 e. The van der Waals surface area contributed by atoms with E-state index < -0.39 is 5.97 Å². The first kappa shape index (κ1) is 12.5. The summed E-state index contributed by atoms with van der Waals surface area (Å²) in [6.07, 6.45) is 3.90. The van der Waals surface area contributed by atoms with Crippen LogP contribution in [0.15, 0.2) is 0 Å². The van der Waals surface area contributed by atoms with Gasteiger partial charge < -0.3 is 5.11 Å². The normalized spacial score (nSPS) is 20.5. The van der Waals surface area contributed by atoms with E-state index in [9.17, 15) is 4.79 Å². The molecular weight excluding hydrogens is 190 g/mol. The summed E-state index contributed by atoms with van der Waals surface area (Å²) in [6, 6.07) is 0. The Hall–Kier alpha value is -0.570. The monoisotopic (exact) mass is 213 g/mol. The largest absolute Gasteiger partial charge is 0.481 e. The van der Waals surface area contributed by atoms with Crippen molar-refractivity contribution in [3.8, 4) is 0 Å². The molecule has 0 aromatic carbocycles. The summed E-state index contributed by atoms with van der Waals surface area (Å²) in [7, 11) is 0. The minimum absolute atomic E-state index is 0.112. The fourth-order valence-corrected chi connectivity index (χ4v) is 2.36. The number of piperidine rings is 1. The quantitative estimate of drug-likeness (QED) is 0.779. The van der Waals surface area contributed by atoms with Crippen molar-refractivity contribution in [1.82, 2.24) is 4.90 Å². The van der Waals surface area contributed by atoms with Gasteiger partial charge >= 0.3 is 5.97 Å². The number of hydrogen-bond donors (Lipinski definition) is 1. The Kier molecular flexibility index (Phi) is 4.14. The lowest BCUT2D eigenvalue weighted by Gasteiger charge is -2.43. The zero-order valence-electron chi connectivity index (χ0n) is 10.1. The number of nitrogens with zero attached hydrogens (tertiary/aromatic N) is 1. The number of carboxylic acid groups (broad SMARTS) is 1. The molecule has 15 heavy (non-hydrogen) atoms. The molecule has 1 aliphatic rings. The van der Waals surface area contributed by atoms with E-state index in [4.69, 9.17) is 5.11 Å². The average Bonchev–Trinajstić information content (AvgIpc) is 2.28. The molecule has 0 amide bonds. The first-order valence-electron chi connectivity index (χ1n) is 6.01. The van der Waals surface area contributed by atoms with Gasteiger partial charge in [-0.25, -0.2) is 0 Å². The smallest absolute Gasteiger partial charge is 0.306 e. The molecular formula is C12H23NO2. The average molecular weight is 213 g/mol. The van der Waals surface area contributed by atoms with Crippen molar-refractivity contribution in [3.63, 3.8) is 0 Å². The van der Waals surface area contributed by atoms with Crippen molar-refractivity contribution >= 4 is 5.97 Å². The van der Waals surface area contributed by atoms with Crippen LogP contribution in [-0.4, -0.2) is 34.6 Å². The highest BCUT2D eigenvalue weighted by atomic mass is 16.4. The lowest BCUT2D eigenvalue weighted by atomic mass is 9.88. The number of rotatable bonds is 4. The van der Waals surface area contributed by atoms with Gasteiger partial charge in [0.25, 0.3) is 0 Å². The molecule has 88 valence electrons. The topological polar surface area (TPSA) is 40.5 Å².